The lowest BCUT2D eigenvalue weighted by Gasteiger charge is -2.29. The van der Waals surface area contributed by atoms with Crippen LogP contribution in [0.2, 0.25) is 0 Å². The Balaban J connectivity index is 1.30. The van der Waals surface area contributed by atoms with Crippen LogP contribution in [0.4, 0.5) is 17.1 Å². The highest BCUT2D eigenvalue weighted by molar-refractivity contribution is 7.25. The standard InChI is InChI=1S/C43H29NOS/c1-43(2)36-16-8-5-11-28(36)29-21-19-27(24-37(29)43)44(26-20-22-41-34(23-26)32-14-7-10-18-40(32)46-41)38-25-35-31-13-6-9-17-39(31)45-42(35)33-15-4-3-12-30(33)38/h3-25H,1-2H3. The van der Waals surface area contributed by atoms with Crippen LogP contribution in [0, 0.1) is 0 Å². The molecular formula is C43H29NOS. The van der Waals surface area contributed by atoms with Crippen molar-refractivity contribution in [2.45, 2.75) is 19.3 Å². The summed E-state index contributed by atoms with van der Waals surface area (Å²) in [5.41, 5.74) is 10.6. The molecule has 0 spiro atoms. The van der Waals surface area contributed by atoms with Crippen molar-refractivity contribution in [3.63, 3.8) is 0 Å². The third-order valence-corrected chi connectivity index (χ3v) is 11.2. The second-order valence-electron chi connectivity index (χ2n) is 12.9. The van der Waals surface area contributed by atoms with E-state index in [-0.39, 0.29) is 5.41 Å². The molecule has 2 heterocycles. The maximum atomic E-state index is 6.51. The summed E-state index contributed by atoms with van der Waals surface area (Å²) in [5, 5.41) is 7.13. The van der Waals surface area contributed by atoms with Gasteiger partial charge in [0.25, 0.3) is 0 Å². The van der Waals surface area contributed by atoms with Gasteiger partial charge in [0.05, 0.1) is 5.69 Å². The number of anilines is 3. The van der Waals surface area contributed by atoms with Crippen molar-refractivity contribution in [1.82, 2.24) is 0 Å². The molecule has 2 aromatic heterocycles. The molecule has 0 radical (unpaired) electrons. The van der Waals surface area contributed by atoms with E-state index in [4.69, 9.17) is 4.42 Å². The summed E-state index contributed by atoms with van der Waals surface area (Å²) in [7, 11) is 0. The first-order chi connectivity index (χ1) is 22.6. The highest BCUT2D eigenvalue weighted by Gasteiger charge is 2.36. The van der Waals surface area contributed by atoms with Gasteiger partial charge in [0.2, 0.25) is 0 Å². The lowest BCUT2D eigenvalue weighted by molar-refractivity contribution is 0.660. The normalized spacial score (nSPS) is 13.6. The number of thiophene rings is 1. The van der Waals surface area contributed by atoms with E-state index in [9.17, 15) is 0 Å². The predicted octanol–water partition coefficient (Wildman–Crippen LogP) is 12.9. The maximum absolute atomic E-state index is 6.51. The molecule has 0 unspecified atom stereocenters. The van der Waals surface area contributed by atoms with Crippen molar-refractivity contribution < 1.29 is 4.42 Å². The fourth-order valence-electron chi connectivity index (χ4n) is 7.82. The predicted molar refractivity (Wildman–Crippen MR) is 196 cm³/mol. The van der Waals surface area contributed by atoms with E-state index in [0.29, 0.717) is 0 Å². The number of hydrogen-bond acceptors (Lipinski definition) is 3. The first-order valence-electron chi connectivity index (χ1n) is 15.9. The van der Waals surface area contributed by atoms with E-state index in [1.807, 2.05) is 17.4 Å². The van der Waals surface area contributed by atoms with Crippen molar-refractivity contribution in [1.29, 1.82) is 0 Å². The van der Waals surface area contributed by atoms with Crippen LogP contribution in [0.3, 0.4) is 0 Å². The minimum atomic E-state index is -0.103. The molecule has 0 aliphatic heterocycles. The molecule has 1 aliphatic rings. The Hall–Kier alpha value is -5.38. The van der Waals surface area contributed by atoms with Crippen molar-refractivity contribution >= 4 is 81.3 Å². The Morgan fingerprint density at radius 2 is 1.15 bits per heavy atom. The van der Waals surface area contributed by atoms with Gasteiger partial charge in [-0.2, -0.15) is 0 Å². The molecule has 10 rings (SSSR count). The van der Waals surface area contributed by atoms with Gasteiger partial charge in [-0.3, -0.25) is 0 Å². The van der Waals surface area contributed by atoms with E-state index in [0.717, 1.165) is 49.8 Å². The van der Waals surface area contributed by atoms with Crippen LogP contribution in [0.25, 0.3) is 64.0 Å². The number of para-hydroxylation sites is 1. The second-order valence-corrected chi connectivity index (χ2v) is 14.0. The van der Waals surface area contributed by atoms with Crippen LogP contribution >= 0.6 is 11.3 Å². The Morgan fingerprint density at radius 3 is 2.04 bits per heavy atom. The molecule has 3 heteroatoms. The van der Waals surface area contributed by atoms with E-state index in [2.05, 4.69) is 152 Å². The maximum Gasteiger partial charge on any atom is 0.143 e. The van der Waals surface area contributed by atoms with Crippen molar-refractivity contribution in [3.05, 3.63) is 151 Å². The Bertz CT molecular complexity index is 2690. The van der Waals surface area contributed by atoms with Gasteiger partial charge >= 0.3 is 0 Å². The van der Waals surface area contributed by atoms with Gasteiger partial charge in [-0.15, -0.1) is 11.3 Å². The summed E-state index contributed by atoms with van der Waals surface area (Å²) in [5.74, 6) is 0. The zero-order chi connectivity index (χ0) is 30.6. The summed E-state index contributed by atoms with van der Waals surface area (Å²) in [6.07, 6.45) is 0. The monoisotopic (exact) mass is 607 g/mol. The van der Waals surface area contributed by atoms with E-state index in [1.54, 1.807) is 0 Å². The van der Waals surface area contributed by atoms with Crippen LogP contribution < -0.4 is 4.90 Å². The first-order valence-corrected chi connectivity index (χ1v) is 16.7. The summed E-state index contributed by atoms with van der Waals surface area (Å²) in [4.78, 5) is 2.47. The van der Waals surface area contributed by atoms with Crippen LogP contribution in [0.5, 0.6) is 0 Å². The summed E-state index contributed by atoms with van der Waals surface area (Å²) >= 11 is 1.86. The van der Waals surface area contributed by atoms with Crippen molar-refractivity contribution in [2.75, 3.05) is 4.90 Å². The van der Waals surface area contributed by atoms with Crippen LogP contribution in [-0.2, 0) is 5.41 Å². The molecular weight excluding hydrogens is 579 g/mol. The molecule has 46 heavy (non-hydrogen) atoms. The van der Waals surface area contributed by atoms with E-state index < -0.39 is 0 Å². The molecule has 0 amide bonds. The van der Waals surface area contributed by atoms with Crippen LogP contribution in [0.15, 0.2) is 144 Å². The SMILES string of the molecule is CC1(C)c2ccccc2-c2ccc(N(c3ccc4sc5ccccc5c4c3)c3cc4c5ccccc5oc4c4ccccc34)cc21. The first kappa shape index (κ1) is 25.9. The van der Waals surface area contributed by atoms with Gasteiger partial charge in [-0.05, 0) is 70.8 Å². The number of nitrogens with zero attached hydrogens (tertiary/aromatic N) is 1. The highest BCUT2D eigenvalue weighted by Crippen LogP contribution is 2.52. The van der Waals surface area contributed by atoms with Gasteiger partial charge in [0.1, 0.15) is 11.2 Å². The summed E-state index contributed by atoms with van der Waals surface area (Å²) in [6, 6.07) is 51.0. The Kier molecular flexibility index (Phi) is 5.25. The Morgan fingerprint density at radius 1 is 0.500 bits per heavy atom. The number of benzene rings is 7. The zero-order valence-electron chi connectivity index (χ0n) is 25.5. The molecule has 2 nitrogen and oxygen atoms in total. The lowest BCUT2D eigenvalue weighted by Crippen LogP contribution is -2.16. The Labute approximate surface area is 270 Å². The molecule has 218 valence electrons. The third kappa shape index (κ3) is 3.52. The topological polar surface area (TPSA) is 16.4 Å². The summed E-state index contributed by atoms with van der Waals surface area (Å²) < 4.78 is 9.13. The molecule has 1 aliphatic carbocycles. The van der Waals surface area contributed by atoms with Gasteiger partial charge in [0.15, 0.2) is 0 Å². The van der Waals surface area contributed by atoms with Crippen LogP contribution in [-0.4, -0.2) is 0 Å². The molecule has 0 saturated carbocycles. The van der Waals surface area contributed by atoms with Gasteiger partial charge in [-0.25, -0.2) is 0 Å². The molecule has 0 N–H and O–H groups in total. The van der Waals surface area contributed by atoms with E-state index >= 15 is 0 Å². The zero-order valence-corrected chi connectivity index (χ0v) is 26.4. The van der Waals surface area contributed by atoms with Gasteiger partial charge < -0.3 is 9.32 Å². The number of rotatable bonds is 3. The average molecular weight is 608 g/mol. The summed E-state index contributed by atoms with van der Waals surface area (Å²) in [6.45, 7) is 4.71. The van der Waals surface area contributed by atoms with Crippen molar-refractivity contribution in [3.8, 4) is 11.1 Å². The second kappa shape index (κ2) is 9.32. The number of fused-ring (bicyclic) bond motifs is 11. The molecule has 0 saturated heterocycles. The number of furan rings is 1. The smallest absolute Gasteiger partial charge is 0.143 e. The molecule has 0 fully saturated rings. The highest BCUT2D eigenvalue weighted by atomic mass is 32.1. The average Bonchev–Trinajstić information content (AvgIpc) is 3.73. The van der Waals surface area contributed by atoms with E-state index in [1.165, 1.54) is 42.4 Å². The van der Waals surface area contributed by atoms with Gasteiger partial charge in [0, 0.05) is 58.5 Å². The van der Waals surface area contributed by atoms with Crippen LogP contribution in [0.1, 0.15) is 25.0 Å². The largest absolute Gasteiger partial charge is 0.455 e. The van der Waals surface area contributed by atoms with Gasteiger partial charge in [-0.1, -0.05) is 105 Å². The van der Waals surface area contributed by atoms with Crippen molar-refractivity contribution in [2.24, 2.45) is 0 Å². The molecule has 9 aromatic rings. The molecule has 0 atom stereocenters. The minimum absolute atomic E-state index is 0.103. The third-order valence-electron chi connectivity index (χ3n) is 10.0. The minimum Gasteiger partial charge on any atom is -0.455 e. The lowest BCUT2D eigenvalue weighted by atomic mass is 9.82. The number of hydrogen-bond donors (Lipinski definition) is 0. The quantitative estimate of drug-likeness (QED) is 0.199. The molecule has 0 bridgehead atoms. The fraction of sp³-hybridized carbons (Fsp3) is 0.0698. The fourth-order valence-corrected chi connectivity index (χ4v) is 8.91. The molecule has 7 aromatic carbocycles.